The zero-order valence-electron chi connectivity index (χ0n) is 10.3. The van der Waals surface area contributed by atoms with Crippen molar-refractivity contribution < 1.29 is 14.7 Å². The van der Waals surface area contributed by atoms with Crippen LogP contribution in [0.15, 0.2) is 24.3 Å². The smallest absolute Gasteiger partial charge is 0.303 e. The first-order valence-electron chi connectivity index (χ1n) is 5.83. The summed E-state index contributed by atoms with van der Waals surface area (Å²) in [6, 6.07) is 7.44. The van der Waals surface area contributed by atoms with Gasteiger partial charge in [0, 0.05) is 12.0 Å². The van der Waals surface area contributed by atoms with E-state index in [4.69, 9.17) is 5.11 Å². The largest absolute Gasteiger partial charge is 0.481 e. The molecule has 3 nitrogen and oxygen atoms in total. The summed E-state index contributed by atoms with van der Waals surface area (Å²) in [6.45, 7) is 4.29. The number of Topliss-reactive ketones (excluding diaryl/α,β-unsaturated/α-hetero) is 1. The highest BCUT2D eigenvalue weighted by molar-refractivity contribution is 5.97. The molecule has 0 bridgehead atoms. The number of carbonyl (C=O) groups excluding carboxylic acids is 1. The predicted molar refractivity (Wildman–Crippen MR) is 66.2 cm³/mol. The van der Waals surface area contributed by atoms with Crippen molar-refractivity contribution in [3.8, 4) is 0 Å². The van der Waals surface area contributed by atoms with Gasteiger partial charge in [0.15, 0.2) is 5.78 Å². The van der Waals surface area contributed by atoms with Gasteiger partial charge in [0.2, 0.25) is 0 Å². The summed E-state index contributed by atoms with van der Waals surface area (Å²) in [7, 11) is 0. The topological polar surface area (TPSA) is 54.4 Å². The van der Waals surface area contributed by atoms with E-state index in [1.54, 1.807) is 12.1 Å². The minimum Gasteiger partial charge on any atom is -0.481 e. The normalized spacial score (nSPS) is 10.5. The summed E-state index contributed by atoms with van der Waals surface area (Å²) >= 11 is 0. The summed E-state index contributed by atoms with van der Waals surface area (Å²) in [5.41, 5.74) is 1.80. The standard InChI is InChI=1S/C14H18O3/c1-10(2)9-11-3-5-12(6-4-11)13(15)7-8-14(16)17/h3-6,10H,7-9H2,1-2H3,(H,16,17). The van der Waals surface area contributed by atoms with Crippen molar-refractivity contribution in [3.05, 3.63) is 35.4 Å². The van der Waals surface area contributed by atoms with Crippen LogP contribution in [0.25, 0.3) is 0 Å². The molecule has 0 saturated heterocycles. The van der Waals surface area contributed by atoms with Gasteiger partial charge in [-0.05, 0) is 17.9 Å². The Balaban J connectivity index is 2.60. The van der Waals surface area contributed by atoms with E-state index in [1.165, 1.54) is 5.56 Å². The molecule has 0 saturated carbocycles. The van der Waals surface area contributed by atoms with Gasteiger partial charge >= 0.3 is 5.97 Å². The molecule has 17 heavy (non-hydrogen) atoms. The molecule has 0 heterocycles. The summed E-state index contributed by atoms with van der Waals surface area (Å²) in [4.78, 5) is 22.0. The number of aliphatic carboxylic acids is 1. The van der Waals surface area contributed by atoms with Crippen LogP contribution < -0.4 is 0 Å². The maximum absolute atomic E-state index is 11.6. The summed E-state index contributed by atoms with van der Waals surface area (Å²) in [6.07, 6.45) is 0.953. The van der Waals surface area contributed by atoms with E-state index in [1.807, 2.05) is 12.1 Å². The molecule has 0 aliphatic heterocycles. The first-order valence-corrected chi connectivity index (χ1v) is 5.83. The van der Waals surface area contributed by atoms with Crippen molar-refractivity contribution in [2.45, 2.75) is 33.1 Å². The van der Waals surface area contributed by atoms with Crippen molar-refractivity contribution >= 4 is 11.8 Å². The van der Waals surface area contributed by atoms with Crippen LogP contribution >= 0.6 is 0 Å². The molecule has 0 radical (unpaired) electrons. The Morgan fingerprint density at radius 2 is 1.71 bits per heavy atom. The number of rotatable bonds is 6. The third-order valence-electron chi connectivity index (χ3n) is 2.49. The highest BCUT2D eigenvalue weighted by Gasteiger charge is 2.08. The first-order chi connectivity index (χ1) is 7.99. The Morgan fingerprint density at radius 1 is 1.12 bits per heavy atom. The predicted octanol–water partition coefficient (Wildman–Crippen LogP) is 2.93. The minimum atomic E-state index is -0.935. The van der Waals surface area contributed by atoms with Crippen molar-refractivity contribution in [1.82, 2.24) is 0 Å². The molecule has 92 valence electrons. The summed E-state index contributed by atoms with van der Waals surface area (Å²) in [5.74, 6) is -0.457. The molecule has 0 amide bonds. The Morgan fingerprint density at radius 3 is 2.18 bits per heavy atom. The molecule has 0 spiro atoms. The lowest BCUT2D eigenvalue weighted by atomic mass is 9.99. The van der Waals surface area contributed by atoms with Crippen LogP contribution in [0.3, 0.4) is 0 Å². The monoisotopic (exact) mass is 234 g/mol. The number of hydrogen-bond donors (Lipinski definition) is 1. The fourth-order valence-electron chi connectivity index (χ4n) is 1.66. The van der Waals surface area contributed by atoms with Gasteiger partial charge in [0.25, 0.3) is 0 Å². The Kier molecular flexibility index (Phi) is 4.88. The van der Waals surface area contributed by atoms with Gasteiger partial charge in [0.1, 0.15) is 0 Å². The van der Waals surface area contributed by atoms with Crippen LogP contribution in [0.1, 0.15) is 42.6 Å². The first kappa shape index (κ1) is 13.4. The number of carboxylic acid groups (broad SMARTS) is 1. The van der Waals surface area contributed by atoms with Crippen molar-refractivity contribution in [2.75, 3.05) is 0 Å². The molecule has 0 unspecified atom stereocenters. The number of hydrogen-bond acceptors (Lipinski definition) is 2. The van der Waals surface area contributed by atoms with Crippen LogP contribution in [0, 0.1) is 5.92 Å². The average Bonchev–Trinajstić information content (AvgIpc) is 2.26. The lowest BCUT2D eigenvalue weighted by Crippen LogP contribution is -2.04. The Labute approximate surface area is 101 Å². The zero-order chi connectivity index (χ0) is 12.8. The maximum atomic E-state index is 11.6. The molecule has 1 aromatic carbocycles. The molecule has 0 aliphatic carbocycles. The second-order valence-electron chi connectivity index (χ2n) is 4.61. The second kappa shape index (κ2) is 6.18. The van der Waals surface area contributed by atoms with Crippen LogP contribution in [0.2, 0.25) is 0 Å². The number of benzene rings is 1. The molecular formula is C14H18O3. The maximum Gasteiger partial charge on any atom is 0.303 e. The Hall–Kier alpha value is -1.64. The third kappa shape index (κ3) is 4.81. The number of carbonyl (C=O) groups is 2. The second-order valence-corrected chi connectivity index (χ2v) is 4.61. The molecule has 1 N–H and O–H groups in total. The Bertz CT molecular complexity index is 390. The summed E-state index contributed by atoms with van der Waals surface area (Å²) < 4.78 is 0. The van der Waals surface area contributed by atoms with E-state index in [2.05, 4.69) is 13.8 Å². The molecule has 1 aromatic rings. The average molecular weight is 234 g/mol. The van der Waals surface area contributed by atoms with Gasteiger partial charge in [-0.2, -0.15) is 0 Å². The lowest BCUT2D eigenvalue weighted by molar-refractivity contribution is -0.136. The van der Waals surface area contributed by atoms with Crippen LogP contribution in [0.5, 0.6) is 0 Å². The van der Waals surface area contributed by atoms with Gasteiger partial charge in [-0.15, -0.1) is 0 Å². The quantitative estimate of drug-likeness (QED) is 0.770. The van der Waals surface area contributed by atoms with E-state index in [0.717, 1.165) is 6.42 Å². The number of ketones is 1. The van der Waals surface area contributed by atoms with Crippen molar-refractivity contribution in [1.29, 1.82) is 0 Å². The fourth-order valence-corrected chi connectivity index (χ4v) is 1.66. The lowest BCUT2D eigenvalue weighted by Gasteiger charge is -2.05. The highest BCUT2D eigenvalue weighted by Crippen LogP contribution is 2.11. The molecule has 1 rings (SSSR count). The van der Waals surface area contributed by atoms with E-state index >= 15 is 0 Å². The third-order valence-corrected chi connectivity index (χ3v) is 2.49. The highest BCUT2D eigenvalue weighted by atomic mass is 16.4. The van der Waals surface area contributed by atoms with Crippen LogP contribution in [-0.2, 0) is 11.2 Å². The van der Waals surface area contributed by atoms with E-state index in [-0.39, 0.29) is 18.6 Å². The molecule has 0 aliphatic rings. The molecule has 3 heteroatoms. The number of carboxylic acids is 1. The van der Waals surface area contributed by atoms with E-state index in [9.17, 15) is 9.59 Å². The van der Waals surface area contributed by atoms with Gasteiger partial charge in [-0.25, -0.2) is 0 Å². The van der Waals surface area contributed by atoms with Crippen molar-refractivity contribution in [3.63, 3.8) is 0 Å². The fraction of sp³-hybridized carbons (Fsp3) is 0.429. The minimum absolute atomic E-state index is 0.0683. The van der Waals surface area contributed by atoms with Crippen molar-refractivity contribution in [2.24, 2.45) is 5.92 Å². The van der Waals surface area contributed by atoms with Crippen LogP contribution in [-0.4, -0.2) is 16.9 Å². The molecule has 0 fully saturated rings. The van der Waals surface area contributed by atoms with Crippen LogP contribution in [0.4, 0.5) is 0 Å². The molecule has 0 aromatic heterocycles. The zero-order valence-corrected chi connectivity index (χ0v) is 10.3. The molecule has 0 atom stereocenters. The molecular weight excluding hydrogens is 216 g/mol. The summed E-state index contributed by atoms with van der Waals surface area (Å²) in [5, 5.41) is 8.50. The SMILES string of the molecule is CC(C)Cc1ccc(C(=O)CCC(=O)O)cc1. The van der Waals surface area contributed by atoms with E-state index in [0.29, 0.717) is 11.5 Å². The van der Waals surface area contributed by atoms with Gasteiger partial charge in [-0.3, -0.25) is 9.59 Å². The van der Waals surface area contributed by atoms with Gasteiger partial charge in [-0.1, -0.05) is 38.1 Å². The van der Waals surface area contributed by atoms with Gasteiger partial charge < -0.3 is 5.11 Å². The van der Waals surface area contributed by atoms with E-state index < -0.39 is 5.97 Å². The van der Waals surface area contributed by atoms with Gasteiger partial charge in [0.05, 0.1) is 6.42 Å².